The molecule has 0 saturated heterocycles. The molecule has 0 atom stereocenters. The molecular weight excluding hydrogens is 174 g/mol. The van der Waals surface area contributed by atoms with Crippen LogP contribution in [0.3, 0.4) is 0 Å². The Labute approximate surface area is 84.0 Å². The van der Waals surface area contributed by atoms with Gasteiger partial charge < -0.3 is 4.42 Å². The molecule has 0 bridgehead atoms. The van der Waals surface area contributed by atoms with Crippen molar-refractivity contribution in [3.05, 3.63) is 29.7 Å². The standard InChI is InChI=1S/C12H15NO/c1-8-6-5-7-9-10(8)14-11(13-9)12(2,3)4/h5-7H,1-4H3. The molecule has 0 amide bonds. The highest BCUT2D eigenvalue weighted by Crippen LogP contribution is 2.27. The largest absolute Gasteiger partial charge is 0.440 e. The molecule has 0 unspecified atom stereocenters. The normalized spacial score (nSPS) is 12.3. The van der Waals surface area contributed by atoms with Gasteiger partial charge in [0.2, 0.25) is 5.89 Å². The highest BCUT2D eigenvalue weighted by molar-refractivity contribution is 5.76. The Hall–Kier alpha value is -1.31. The van der Waals surface area contributed by atoms with Gasteiger partial charge in [-0.2, -0.15) is 0 Å². The fraction of sp³-hybridized carbons (Fsp3) is 0.417. The molecule has 0 saturated carbocycles. The summed E-state index contributed by atoms with van der Waals surface area (Å²) in [6.07, 6.45) is 0. The van der Waals surface area contributed by atoms with Crippen LogP contribution in [0.15, 0.2) is 22.6 Å². The molecule has 0 N–H and O–H groups in total. The van der Waals surface area contributed by atoms with Gasteiger partial charge in [-0.15, -0.1) is 0 Å². The van der Waals surface area contributed by atoms with Gasteiger partial charge in [-0.25, -0.2) is 4.98 Å². The Morgan fingerprint density at radius 2 is 1.93 bits per heavy atom. The van der Waals surface area contributed by atoms with E-state index in [2.05, 4.69) is 25.8 Å². The number of aromatic nitrogens is 1. The maximum absolute atomic E-state index is 5.75. The summed E-state index contributed by atoms with van der Waals surface area (Å²) in [7, 11) is 0. The summed E-state index contributed by atoms with van der Waals surface area (Å²) in [5.74, 6) is 0.807. The average molecular weight is 189 g/mol. The van der Waals surface area contributed by atoms with Crippen molar-refractivity contribution in [3.8, 4) is 0 Å². The lowest BCUT2D eigenvalue weighted by atomic mass is 9.97. The number of hydrogen-bond acceptors (Lipinski definition) is 2. The van der Waals surface area contributed by atoms with Crippen molar-refractivity contribution in [3.63, 3.8) is 0 Å². The minimum atomic E-state index is -0.0224. The molecule has 0 radical (unpaired) electrons. The first-order valence-electron chi connectivity index (χ1n) is 4.85. The minimum absolute atomic E-state index is 0.0224. The van der Waals surface area contributed by atoms with E-state index >= 15 is 0 Å². The number of rotatable bonds is 0. The predicted octanol–water partition coefficient (Wildman–Crippen LogP) is 3.43. The van der Waals surface area contributed by atoms with E-state index in [-0.39, 0.29) is 5.41 Å². The molecule has 0 aliphatic heterocycles. The van der Waals surface area contributed by atoms with E-state index in [0.717, 1.165) is 22.6 Å². The van der Waals surface area contributed by atoms with Crippen LogP contribution in [0.25, 0.3) is 11.1 Å². The third-order valence-electron chi connectivity index (χ3n) is 2.25. The van der Waals surface area contributed by atoms with Crippen LogP contribution in [0.1, 0.15) is 32.2 Å². The molecule has 2 nitrogen and oxygen atoms in total. The molecule has 2 aromatic rings. The third-order valence-corrected chi connectivity index (χ3v) is 2.25. The summed E-state index contributed by atoms with van der Waals surface area (Å²) in [5, 5.41) is 0. The molecule has 1 aromatic carbocycles. The second-order valence-corrected chi connectivity index (χ2v) is 4.69. The Balaban J connectivity index is 2.69. The molecule has 14 heavy (non-hydrogen) atoms. The van der Waals surface area contributed by atoms with Crippen LogP contribution in [0.5, 0.6) is 0 Å². The van der Waals surface area contributed by atoms with Crippen molar-refractivity contribution in [2.75, 3.05) is 0 Å². The van der Waals surface area contributed by atoms with Crippen molar-refractivity contribution < 1.29 is 4.42 Å². The predicted molar refractivity (Wildman–Crippen MR) is 57.4 cm³/mol. The van der Waals surface area contributed by atoms with E-state index in [9.17, 15) is 0 Å². The third kappa shape index (κ3) is 1.41. The summed E-state index contributed by atoms with van der Waals surface area (Å²) in [6.45, 7) is 8.35. The zero-order chi connectivity index (χ0) is 10.3. The lowest BCUT2D eigenvalue weighted by Crippen LogP contribution is -2.10. The number of hydrogen-bond donors (Lipinski definition) is 0. The smallest absolute Gasteiger partial charge is 0.200 e. The van der Waals surface area contributed by atoms with Gasteiger partial charge in [-0.1, -0.05) is 32.9 Å². The molecule has 0 aliphatic rings. The van der Waals surface area contributed by atoms with E-state index in [4.69, 9.17) is 4.42 Å². The molecular formula is C12H15NO. The van der Waals surface area contributed by atoms with E-state index in [1.165, 1.54) is 0 Å². The first-order chi connectivity index (χ1) is 6.48. The van der Waals surface area contributed by atoms with Crippen LogP contribution in [0, 0.1) is 6.92 Å². The number of aryl methyl sites for hydroxylation is 1. The van der Waals surface area contributed by atoms with Crippen molar-refractivity contribution in [1.82, 2.24) is 4.98 Å². The number of fused-ring (bicyclic) bond motifs is 1. The zero-order valence-electron chi connectivity index (χ0n) is 9.09. The van der Waals surface area contributed by atoms with Crippen molar-refractivity contribution >= 4 is 11.1 Å². The summed E-state index contributed by atoms with van der Waals surface area (Å²) >= 11 is 0. The first kappa shape index (κ1) is 9.25. The summed E-state index contributed by atoms with van der Waals surface area (Å²) in [5.41, 5.74) is 2.99. The van der Waals surface area contributed by atoms with E-state index in [1.807, 2.05) is 25.1 Å². The van der Waals surface area contributed by atoms with Gasteiger partial charge in [0.05, 0.1) is 0 Å². The highest BCUT2D eigenvalue weighted by atomic mass is 16.3. The van der Waals surface area contributed by atoms with E-state index in [0.29, 0.717) is 0 Å². The molecule has 1 aromatic heterocycles. The topological polar surface area (TPSA) is 26.0 Å². The van der Waals surface area contributed by atoms with Crippen molar-refractivity contribution in [2.24, 2.45) is 0 Å². The van der Waals surface area contributed by atoms with Gasteiger partial charge in [0.1, 0.15) is 5.52 Å². The Morgan fingerprint density at radius 1 is 1.21 bits per heavy atom. The van der Waals surface area contributed by atoms with E-state index < -0.39 is 0 Å². The van der Waals surface area contributed by atoms with Gasteiger partial charge in [0.15, 0.2) is 5.58 Å². The SMILES string of the molecule is Cc1cccc2nc(C(C)(C)C)oc12. The highest BCUT2D eigenvalue weighted by Gasteiger charge is 2.21. The summed E-state index contributed by atoms with van der Waals surface area (Å²) < 4.78 is 5.75. The quantitative estimate of drug-likeness (QED) is 0.634. The molecule has 0 spiro atoms. The van der Waals surface area contributed by atoms with Crippen LogP contribution in [0.2, 0.25) is 0 Å². The first-order valence-corrected chi connectivity index (χ1v) is 4.85. The molecule has 74 valence electrons. The second-order valence-electron chi connectivity index (χ2n) is 4.69. The fourth-order valence-corrected chi connectivity index (χ4v) is 1.41. The van der Waals surface area contributed by atoms with Gasteiger partial charge >= 0.3 is 0 Å². The molecule has 1 heterocycles. The van der Waals surface area contributed by atoms with Gasteiger partial charge in [-0.05, 0) is 18.6 Å². The van der Waals surface area contributed by atoms with E-state index in [1.54, 1.807) is 0 Å². The molecule has 2 rings (SSSR count). The summed E-state index contributed by atoms with van der Waals surface area (Å²) in [4.78, 5) is 4.48. The van der Waals surface area contributed by atoms with Crippen LogP contribution < -0.4 is 0 Å². The fourth-order valence-electron chi connectivity index (χ4n) is 1.41. The number of oxazole rings is 1. The maximum Gasteiger partial charge on any atom is 0.200 e. The molecule has 0 aliphatic carbocycles. The number of nitrogens with zero attached hydrogens (tertiary/aromatic N) is 1. The van der Waals surface area contributed by atoms with Crippen LogP contribution in [0.4, 0.5) is 0 Å². The van der Waals surface area contributed by atoms with Gasteiger partial charge in [-0.3, -0.25) is 0 Å². The summed E-state index contributed by atoms with van der Waals surface area (Å²) in [6, 6.07) is 6.04. The minimum Gasteiger partial charge on any atom is -0.440 e. The van der Waals surface area contributed by atoms with Crippen molar-refractivity contribution in [1.29, 1.82) is 0 Å². The van der Waals surface area contributed by atoms with Gasteiger partial charge in [0, 0.05) is 5.41 Å². The zero-order valence-corrected chi connectivity index (χ0v) is 9.09. The monoisotopic (exact) mass is 189 g/mol. The van der Waals surface area contributed by atoms with Crippen molar-refractivity contribution in [2.45, 2.75) is 33.1 Å². The Morgan fingerprint density at radius 3 is 2.50 bits per heavy atom. The second kappa shape index (κ2) is 2.84. The van der Waals surface area contributed by atoms with Crippen LogP contribution >= 0.6 is 0 Å². The van der Waals surface area contributed by atoms with Crippen LogP contribution in [-0.4, -0.2) is 4.98 Å². The van der Waals surface area contributed by atoms with Gasteiger partial charge in [0.25, 0.3) is 0 Å². The Bertz CT molecular complexity index is 463. The molecule has 0 fully saturated rings. The average Bonchev–Trinajstić information content (AvgIpc) is 2.48. The Kier molecular flexibility index (Phi) is 1.88. The lowest BCUT2D eigenvalue weighted by Gasteiger charge is -2.11. The lowest BCUT2D eigenvalue weighted by molar-refractivity contribution is 0.410. The molecule has 2 heteroatoms. The van der Waals surface area contributed by atoms with Crippen LogP contribution in [-0.2, 0) is 5.41 Å². The number of benzene rings is 1. The maximum atomic E-state index is 5.75. The number of para-hydroxylation sites is 1.